The van der Waals surface area contributed by atoms with Gasteiger partial charge in [-0.2, -0.15) is 0 Å². The molecule has 0 aliphatic heterocycles. The van der Waals surface area contributed by atoms with Crippen LogP contribution >= 0.6 is 12.4 Å². The van der Waals surface area contributed by atoms with Crippen LogP contribution in [0, 0.1) is 0 Å². The molecule has 4 aromatic rings. The maximum Gasteiger partial charge on any atom is 0.120 e. The number of hydrogen-bond donors (Lipinski definition) is 2. The Bertz CT molecular complexity index is 1030. The Kier molecular flexibility index (Phi) is 6.94. The average molecular weight is 409 g/mol. The molecule has 4 rings (SSSR count). The standard InChI is InChI=1S/C24H24N2O2.ClH/c25-16-23(27)24(19-9-5-2-6-10-19)26-14-13-20-15-21(11-12-22(20)26)28-17-18-7-3-1-4-8-18;/h1-15,23-24,27H,16-17,25H2;1H/t23-,24+;/m1./s1. The monoisotopic (exact) mass is 408 g/mol. The van der Waals surface area contributed by atoms with Crippen LogP contribution in [-0.4, -0.2) is 22.3 Å². The largest absolute Gasteiger partial charge is 0.489 e. The predicted octanol–water partition coefficient (Wildman–Crippen LogP) is 4.55. The van der Waals surface area contributed by atoms with E-state index in [1.165, 1.54) is 0 Å². The molecule has 1 heterocycles. The van der Waals surface area contributed by atoms with Gasteiger partial charge < -0.3 is 20.1 Å². The van der Waals surface area contributed by atoms with E-state index in [2.05, 4.69) is 4.57 Å². The Morgan fingerprint density at radius 2 is 1.59 bits per heavy atom. The van der Waals surface area contributed by atoms with Gasteiger partial charge in [-0.3, -0.25) is 0 Å². The molecule has 1 aromatic heterocycles. The van der Waals surface area contributed by atoms with Crippen LogP contribution in [0.1, 0.15) is 17.2 Å². The van der Waals surface area contributed by atoms with Gasteiger partial charge in [0.15, 0.2) is 0 Å². The Hall–Kier alpha value is -2.79. The summed E-state index contributed by atoms with van der Waals surface area (Å²) >= 11 is 0. The minimum absolute atomic E-state index is 0. The summed E-state index contributed by atoms with van der Waals surface area (Å²) in [4.78, 5) is 0. The van der Waals surface area contributed by atoms with Crippen LogP contribution in [0.4, 0.5) is 0 Å². The molecule has 0 aliphatic rings. The van der Waals surface area contributed by atoms with Crippen LogP contribution in [0.25, 0.3) is 10.9 Å². The van der Waals surface area contributed by atoms with Crippen molar-refractivity contribution in [1.29, 1.82) is 0 Å². The van der Waals surface area contributed by atoms with Crippen molar-refractivity contribution in [3.05, 3.63) is 102 Å². The van der Waals surface area contributed by atoms with Crippen LogP contribution < -0.4 is 10.5 Å². The number of fused-ring (bicyclic) bond motifs is 1. The lowest BCUT2D eigenvalue weighted by Gasteiger charge is -2.25. The molecule has 5 heteroatoms. The highest BCUT2D eigenvalue weighted by Crippen LogP contribution is 2.30. The molecule has 0 saturated heterocycles. The fourth-order valence-corrected chi connectivity index (χ4v) is 3.56. The number of nitrogens with zero attached hydrogens (tertiary/aromatic N) is 1. The number of hydrogen-bond acceptors (Lipinski definition) is 3. The summed E-state index contributed by atoms with van der Waals surface area (Å²) in [5.41, 5.74) is 9.00. The number of nitrogens with two attached hydrogens (primary N) is 1. The second kappa shape index (κ2) is 9.61. The van der Waals surface area contributed by atoms with Crippen molar-refractivity contribution in [3.63, 3.8) is 0 Å². The summed E-state index contributed by atoms with van der Waals surface area (Å²) in [6.45, 7) is 0.725. The summed E-state index contributed by atoms with van der Waals surface area (Å²) in [7, 11) is 0. The van der Waals surface area contributed by atoms with Crippen LogP contribution in [0.3, 0.4) is 0 Å². The van der Waals surface area contributed by atoms with Crippen molar-refractivity contribution < 1.29 is 9.84 Å². The molecule has 3 aromatic carbocycles. The van der Waals surface area contributed by atoms with E-state index in [4.69, 9.17) is 10.5 Å². The van der Waals surface area contributed by atoms with E-state index in [9.17, 15) is 5.11 Å². The van der Waals surface area contributed by atoms with Crippen LogP contribution in [0.5, 0.6) is 5.75 Å². The molecule has 0 amide bonds. The number of aliphatic hydroxyl groups excluding tert-OH is 1. The SMILES string of the molecule is Cl.NC[C@@H](O)[C@H](c1ccccc1)n1ccc2cc(OCc3ccccc3)ccc21. The highest BCUT2D eigenvalue weighted by molar-refractivity contribution is 5.85. The van der Waals surface area contributed by atoms with E-state index in [1.807, 2.05) is 91.1 Å². The van der Waals surface area contributed by atoms with Crippen molar-refractivity contribution in [2.24, 2.45) is 5.73 Å². The number of halogens is 1. The lowest BCUT2D eigenvalue weighted by atomic mass is 10.0. The molecule has 0 radical (unpaired) electrons. The number of rotatable bonds is 7. The fraction of sp³-hybridized carbons (Fsp3) is 0.167. The zero-order valence-electron chi connectivity index (χ0n) is 16.0. The third-order valence-corrected chi connectivity index (χ3v) is 4.99. The number of ether oxygens (including phenoxy) is 1. The van der Waals surface area contributed by atoms with E-state index in [-0.39, 0.29) is 25.0 Å². The van der Waals surface area contributed by atoms with Gasteiger partial charge in [-0.25, -0.2) is 0 Å². The molecule has 150 valence electrons. The molecule has 0 unspecified atom stereocenters. The first-order valence-electron chi connectivity index (χ1n) is 9.46. The number of benzene rings is 3. The first-order chi connectivity index (χ1) is 13.8. The normalized spacial score (nSPS) is 12.9. The van der Waals surface area contributed by atoms with E-state index in [0.717, 1.165) is 27.8 Å². The zero-order chi connectivity index (χ0) is 19.3. The van der Waals surface area contributed by atoms with Gasteiger partial charge in [0, 0.05) is 23.6 Å². The fourth-order valence-electron chi connectivity index (χ4n) is 3.56. The minimum atomic E-state index is -0.674. The summed E-state index contributed by atoms with van der Waals surface area (Å²) in [5, 5.41) is 11.7. The third kappa shape index (κ3) is 4.62. The van der Waals surface area contributed by atoms with Crippen molar-refractivity contribution in [3.8, 4) is 5.75 Å². The number of aliphatic hydroxyl groups is 1. The number of aromatic nitrogens is 1. The van der Waals surface area contributed by atoms with Gasteiger partial charge in [-0.15, -0.1) is 12.4 Å². The lowest BCUT2D eigenvalue weighted by molar-refractivity contribution is 0.140. The second-order valence-corrected chi connectivity index (χ2v) is 6.88. The van der Waals surface area contributed by atoms with Gasteiger partial charge >= 0.3 is 0 Å². The molecule has 4 nitrogen and oxygen atoms in total. The van der Waals surface area contributed by atoms with E-state index >= 15 is 0 Å². The van der Waals surface area contributed by atoms with E-state index < -0.39 is 6.10 Å². The highest BCUT2D eigenvalue weighted by Gasteiger charge is 2.23. The van der Waals surface area contributed by atoms with Crippen molar-refractivity contribution in [1.82, 2.24) is 4.57 Å². The Morgan fingerprint density at radius 1 is 0.897 bits per heavy atom. The van der Waals surface area contributed by atoms with E-state index in [1.54, 1.807) is 0 Å². The van der Waals surface area contributed by atoms with Gasteiger partial charge in [0.1, 0.15) is 12.4 Å². The summed E-state index contributed by atoms with van der Waals surface area (Å²) in [6, 6.07) is 27.9. The quantitative estimate of drug-likeness (QED) is 0.471. The van der Waals surface area contributed by atoms with Crippen molar-refractivity contribution in [2.75, 3.05) is 6.54 Å². The van der Waals surface area contributed by atoms with Crippen molar-refractivity contribution in [2.45, 2.75) is 18.8 Å². The van der Waals surface area contributed by atoms with Crippen LogP contribution in [-0.2, 0) is 6.61 Å². The van der Waals surface area contributed by atoms with Gasteiger partial charge in [0.05, 0.1) is 12.1 Å². The molecule has 0 saturated carbocycles. The molecule has 0 spiro atoms. The molecular weight excluding hydrogens is 384 g/mol. The zero-order valence-corrected chi connectivity index (χ0v) is 16.8. The van der Waals surface area contributed by atoms with E-state index in [0.29, 0.717) is 6.61 Å². The first-order valence-corrected chi connectivity index (χ1v) is 9.46. The lowest BCUT2D eigenvalue weighted by Crippen LogP contribution is -2.31. The van der Waals surface area contributed by atoms with Gasteiger partial charge in [0.2, 0.25) is 0 Å². The molecule has 0 fully saturated rings. The molecular formula is C24H25ClN2O2. The maximum atomic E-state index is 10.6. The summed E-state index contributed by atoms with van der Waals surface area (Å²) in [5.74, 6) is 0.824. The molecule has 0 aliphatic carbocycles. The molecule has 2 atom stereocenters. The first kappa shape index (κ1) is 20.9. The van der Waals surface area contributed by atoms with Crippen LogP contribution in [0.15, 0.2) is 91.1 Å². The highest BCUT2D eigenvalue weighted by atomic mass is 35.5. The predicted molar refractivity (Wildman–Crippen MR) is 120 cm³/mol. The Labute approximate surface area is 177 Å². The second-order valence-electron chi connectivity index (χ2n) is 6.88. The maximum absolute atomic E-state index is 10.6. The molecule has 3 N–H and O–H groups in total. The smallest absolute Gasteiger partial charge is 0.120 e. The van der Waals surface area contributed by atoms with Gasteiger partial charge in [0.25, 0.3) is 0 Å². The van der Waals surface area contributed by atoms with Gasteiger partial charge in [-0.05, 0) is 35.4 Å². The topological polar surface area (TPSA) is 60.4 Å². The summed E-state index contributed by atoms with van der Waals surface area (Å²) in [6.07, 6.45) is 1.33. The molecule has 29 heavy (non-hydrogen) atoms. The van der Waals surface area contributed by atoms with Crippen LogP contribution in [0.2, 0.25) is 0 Å². The van der Waals surface area contributed by atoms with Crippen molar-refractivity contribution >= 4 is 23.3 Å². The Morgan fingerprint density at radius 3 is 2.28 bits per heavy atom. The molecule has 0 bridgehead atoms. The average Bonchev–Trinajstić information content (AvgIpc) is 3.17. The van der Waals surface area contributed by atoms with Gasteiger partial charge in [-0.1, -0.05) is 60.7 Å². The third-order valence-electron chi connectivity index (χ3n) is 4.99. The minimum Gasteiger partial charge on any atom is -0.489 e. The Balaban J connectivity index is 0.00000240. The summed E-state index contributed by atoms with van der Waals surface area (Å²) < 4.78 is 8.03.